The Labute approximate surface area is 288 Å². The molecule has 3 aliphatic rings. The first-order valence-corrected chi connectivity index (χ1v) is 16.9. The van der Waals surface area contributed by atoms with Gasteiger partial charge in [-0.15, -0.1) is 0 Å². The van der Waals surface area contributed by atoms with E-state index in [1.54, 1.807) is 30.5 Å². The molecule has 13 heteroatoms. The number of piperazine rings is 1. The Hall–Kier alpha value is -4.69. The molecule has 2 aromatic carbocycles. The number of rotatable bonds is 8. The number of methoxy groups -OCH3 is 1. The lowest BCUT2D eigenvalue weighted by Gasteiger charge is -2.42. The molecule has 0 aliphatic carbocycles. The van der Waals surface area contributed by atoms with Crippen LogP contribution >= 0.6 is 0 Å². The number of cyclic esters (lactones) is 1. The number of halogens is 1. The smallest absolute Gasteiger partial charge is 0.343 e. The molecule has 4 aromatic rings. The van der Waals surface area contributed by atoms with E-state index in [1.165, 1.54) is 18.7 Å². The predicted octanol–water partition coefficient (Wildman–Crippen LogP) is 2.98. The van der Waals surface area contributed by atoms with Crippen molar-refractivity contribution in [1.82, 2.24) is 14.5 Å². The molecular weight excluding hydrogens is 643 g/mol. The van der Waals surface area contributed by atoms with Crippen LogP contribution in [0.5, 0.6) is 5.75 Å². The molecular formula is C37H42FN6O6+. The number of aromatic nitrogens is 2. The monoisotopic (exact) mass is 685 g/mol. The lowest BCUT2D eigenvalue weighted by molar-refractivity contribution is -0.926. The van der Waals surface area contributed by atoms with Crippen LogP contribution < -0.4 is 21.3 Å². The lowest BCUT2D eigenvalue weighted by Crippen LogP contribution is -2.56. The third-order valence-corrected chi connectivity index (χ3v) is 10.6. The van der Waals surface area contributed by atoms with Crippen LogP contribution in [-0.2, 0) is 46.2 Å². The molecule has 1 saturated heterocycles. The van der Waals surface area contributed by atoms with Crippen molar-refractivity contribution in [2.75, 3.05) is 45.7 Å². The Morgan fingerprint density at radius 1 is 1.18 bits per heavy atom. The van der Waals surface area contributed by atoms with Crippen LogP contribution in [0.2, 0.25) is 0 Å². The van der Waals surface area contributed by atoms with Crippen molar-refractivity contribution in [2.24, 2.45) is 5.73 Å². The quantitative estimate of drug-likeness (QED) is 0.166. The normalized spacial score (nSPS) is 20.1. The fourth-order valence-corrected chi connectivity index (χ4v) is 7.42. The molecule has 0 unspecified atom stereocenters. The van der Waals surface area contributed by atoms with Crippen LogP contribution in [0.15, 0.2) is 47.3 Å². The van der Waals surface area contributed by atoms with E-state index in [0.29, 0.717) is 29.1 Å². The minimum Gasteiger partial charge on any atom is -0.494 e. The second kappa shape index (κ2) is 12.6. The number of esters is 1. The SMILES string of the molecule is CC[C@@]1(O)C(=O)OCc2c1cc1n(c2=O)Cc2c-1nc1cc(F)c(OC)cc1c2CN1CC[N+](C)(Cc2ccc(NC(=O)[C@H](C)N)cc2)CC1. The summed E-state index contributed by atoms with van der Waals surface area (Å²) < 4.78 is 28.1. The molecule has 12 nitrogen and oxygen atoms in total. The van der Waals surface area contributed by atoms with Gasteiger partial charge in [-0.05, 0) is 43.2 Å². The number of hydrogen-bond acceptors (Lipinski definition) is 9. The summed E-state index contributed by atoms with van der Waals surface area (Å²) in [5, 5.41) is 14.9. The molecule has 7 rings (SSSR count). The van der Waals surface area contributed by atoms with Crippen LogP contribution in [0.3, 0.4) is 0 Å². The third kappa shape index (κ3) is 5.73. The highest BCUT2D eigenvalue weighted by atomic mass is 19.1. The van der Waals surface area contributed by atoms with Gasteiger partial charge in [-0.2, -0.15) is 0 Å². The van der Waals surface area contributed by atoms with Crippen molar-refractivity contribution >= 4 is 28.5 Å². The number of nitrogens with zero attached hydrogens (tertiary/aromatic N) is 4. The number of aliphatic hydroxyl groups is 1. The van der Waals surface area contributed by atoms with E-state index in [9.17, 15) is 19.5 Å². The number of ether oxygens (including phenoxy) is 2. The Bertz CT molecular complexity index is 2090. The number of anilines is 1. The van der Waals surface area contributed by atoms with Gasteiger partial charge < -0.3 is 34.7 Å². The van der Waals surface area contributed by atoms with Crippen molar-refractivity contribution in [3.05, 3.63) is 86.5 Å². The molecule has 3 aliphatic heterocycles. The fourth-order valence-electron chi connectivity index (χ4n) is 7.42. The van der Waals surface area contributed by atoms with Crippen LogP contribution in [-0.4, -0.2) is 82.3 Å². The van der Waals surface area contributed by atoms with E-state index in [0.717, 1.165) is 53.7 Å². The number of amides is 1. The maximum absolute atomic E-state index is 15.1. The Balaban J connectivity index is 1.19. The largest absolute Gasteiger partial charge is 0.494 e. The van der Waals surface area contributed by atoms with E-state index in [2.05, 4.69) is 17.3 Å². The number of quaternary nitrogens is 1. The number of hydrogen-bond donors (Lipinski definition) is 3. The number of carbonyl (C=O) groups is 2. The minimum atomic E-state index is -1.94. The van der Waals surface area contributed by atoms with E-state index >= 15 is 4.39 Å². The second-order valence-corrected chi connectivity index (χ2v) is 14.0. The van der Waals surface area contributed by atoms with E-state index < -0.39 is 23.4 Å². The molecule has 50 heavy (non-hydrogen) atoms. The van der Waals surface area contributed by atoms with E-state index in [1.807, 2.05) is 24.3 Å². The van der Waals surface area contributed by atoms with Crippen molar-refractivity contribution in [2.45, 2.75) is 58.2 Å². The zero-order valence-corrected chi connectivity index (χ0v) is 28.7. The Morgan fingerprint density at radius 3 is 2.56 bits per heavy atom. The highest BCUT2D eigenvalue weighted by Crippen LogP contribution is 2.41. The van der Waals surface area contributed by atoms with Crippen molar-refractivity contribution in [3.63, 3.8) is 0 Å². The van der Waals surface area contributed by atoms with Gasteiger partial charge in [0.05, 0.1) is 62.3 Å². The summed E-state index contributed by atoms with van der Waals surface area (Å²) in [6.45, 7) is 8.12. The molecule has 5 heterocycles. The highest BCUT2D eigenvalue weighted by Gasteiger charge is 2.45. The van der Waals surface area contributed by atoms with Gasteiger partial charge in [0.15, 0.2) is 17.2 Å². The first-order chi connectivity index (χ1) is 23.8. The van der Waals surface area contributed by atoms with Crippen LogP contribution in [0.1, 0.15) is 48.1 Å². The number of nitrogens with two attached hydrogens (primary N) is 1. The molecule has 2 aromatic heterocycles. The van der Waals surface area contributed by atoms with Crippen molar-refractivity contribution in [1.29, 1.82) is 0 Å². The number of likely N-dealkylation sites (N-methyl/N-ethyl adjacent to an activating group) is 1. The predicted molar refractivity (Wildman–Crippen MR) is 185 cm³/mol. The summed E-state index contributed by atoms with van der Waals surface area (Å²) in [5.41, 5.74) is 8.99. The maximum atomic E-state index is 15.1. The summed E-state index contributed by atoms with van der Waals surface area (Å²) in [5.74, 6) is -1.44. The standard InChI is InChI=1S/C37H41FN6O6/c1-5-37(48)28-15-31-33-26(18-43(31)35(46)27(28)20-50-36(37)47)25(24-14-32(49-4)29(38)16-30(24)41-33)17-42-10-12-44(3,13-11-42)19-22-6-8-23(9-7-22)40-34(45)21(2)39/h6-9,14-16,21,48H,5,10-13,17-20,39H2,1-4H3/p+1/t21-,37-/m0/s1. The number of benzene rings is 2. The van der Waals surface area contributed by atoms with Crippen LogP contribution in [0.4, 0.5) is 10.1 Å². The van der Waals surface area contributed by atoms with Gasteiger partial charge in [0.25, 0.3) is 5.56 Å². The molecule has 1 amide bonds. The molecule has 0 radical (unpaired) electrons. The van der Waals surface area contributed by atoms with Gasteiger partial charge in [-0.3, -0.25) is 14.5 Å². The summed E-state index contributed by atoms with van der Waals surface area (Å²) in [6.07, 6.45) is 0.0417. The first kappa shape index (κ1) is 33.8. The van der Waals surface area contributed by atoms with Gasteiger partial charge >= 0.3 is 5.97 Å². The molecule has 2 atom stereocenters. The molecule has 4 N–H and O–H groups in total. The van der Waals surface area contributed by atoms with Gasteiger partial charge in [0.1, 0.15) is 13.2 Å². The summed E-state index contributed by atoms with van der Waals surface area (Å²) in [6, 6.07) is 12.0. The van der Waals surface area contributed by atoms with Gasteiger partial charge in [0, 0.05) is 53.5 Å². The first-order valence-electron chi connectivity index (χ1n) is 16.9. The highest BCUT2D eigenvalue weighted by molar-refractivity contribution is 5.94. The fraction of sp³-hybridized carbons (Fsp3) is 0.405. The van der Waals surface area contributed by atoms with Crippen molar-refractivity contribution in [3.8, 4) is 17.1 Å². The van der Waals surface area contributed by atoms with E-state index in [4.69, 9.17) is 20.2 Å². The topological polar surface area (TPSA) is 149 Å². The zero-order valence-electron chi connectivity index (χ0n) is 28.7. The van der Waals surface area contributed by atoms with Crippen LogP contribution in [0, 0.1) is 5.82 Å². The maximum Gasteiger partial charge on any atom is 0.343 e. The number of pyridine rings is 2. The average molecular weight is 686 g/mol. The van der Waals surface area contributed by atoms with E-state index in [-0.39, 0.29) is 47.9 Å². The zero-order chi connectivity index (χ0) is 35.5. The average Bonchev–Trinajstić information content (AvgIpc) is 3.46. The molecule has 1 fully saturated rings. The Morgan fingerprint density at radius 2 is 1.90 bits per heavy atom. The molecule has 0 spiro atoms. The number of fused-ring (bicyclic) bond motifs is 5. The minimum absolute atomic E-state index is 0.0417. The summed E-state index contributed by atoms with van der Waals surface area (Å²) >= 11 is 0. The molecule has 0 bridgehead atoms. The number of nitrogens with one attached hydrogen (secondary N) is 1. The Kier molecular flexibility index (Phi) is 8.50. The summed E-state index contributed by atoms with van der Waals surface area (Å²) in [7, 11) is 3.67. The summed E-state index contributed by atoms with van der Waals surface area (Å²) in [4.78, 5) is 45.7. The molecule has 0 saturated carbocycles. The van der Waals surface area contributed by atoms with Gasteiger partial charge in [0.2, 0.25) is 5.91 Å². The van der Waals surface area contributed by atoms with Gasteiger partial charge in [-0.25, -0.2) is 14.2 Å². The van der Waals surface area contributed by atoms with Crippen LogP contribution in [0.25, 0.3) is 22.3 Å². The van der Waals surface area contributed by atoms with Crippen molar-refractivity contribution < 1.29 is 33.0 Å². The van der Waals surface area contributed by atoms with Gasteiger partial charge in [-0.1, -0.05) is 19.1 Å². The number of carbonyl (C=O) groups excluding carboxylic acids is 2. The second-order valence-electron chi connectivity index (χ2n) is 14.0. The molecule has 262 valence electrons. The lowest BCUT2D eigenvalue weighted by atomic mass is 9.86. The third-order valence-electron chi connectivity index (χ3n) is 10.6.